The molecule has 88 valence electrons. The van der Waals surface area contributed by atoms with Gasteiger partial charge in [-0.2, -0.15) is 0 Å². The lowest BCUT2D eigenvalue weighted by Gasteiger charge is -2.05. The van der Waals surface area contributed by atoms with E-state index < -0.39 is 0 Å². The average Bonchev–Trinajstić information content (AvgIpc) is 2.28. The Morgan fingerprint density at radius 1 is 1.41 bits per heavy atom. The zero-order chi connectivity index (χ0) is 12.3. The monoisotopic (exact) mass is 251 g/mol. The highest BCUT2D eigenvalue weighted by Crippen LogP contribution is 2.13. The summed E-state index contributed by atoms with van der Waals surface area (Å²) in [6, 6.07) is 3.02. The van der Waals surface area contributed by atoms with Gasteiger partial charge in [-0.25, -0.2) is 19.7 Å². The van der Waals surface area contributed by atoms with Gasteiger partial charge < -0.3 is 5.32 Å². The van der Waals surface area contributed by atoms with Gasteiger partial charge in [-0.05, 0) is 19.1 Å². The number of nitrogens with zero attached hydrogens (tertiary/aromatic N) is 3. The molecule has 2 rings (SSSR count). The van der Waals surface area contributed by atoms with Crippen molar-refractivity contribution in [1.82, 2.24) is 20.3 Å². The van der Waals surface area contributed by atoms with Crippen molar-refractivity contribution >= 4 is 34.6 Å². The van der Waals surface area contributed by atoms with E-state index in [1.165, 1.54) is 6.20 Å². The Balaban J connectivity index is 2.27. The Labute approximate surface area is 102 Å². The van der Waals surface area contributed by atoms with Crippen molar-refractivity contribution in [3.05, 3.63) is 23.5 Å². The summed E-state index contributed by atoms with van der Waals surface area (Å²) < 4.78 is 0. The van der Waals surface area contributed by atoms with Crippen molar-refractivity contribution in [1.29, 1.82) is 0 Å². The van der Waals surface area contributed by atoms with E-state index in [1.807, 2.05) is 6.92 Å². The first kappa shape index (κ1) is 11.5. The number of hydrogen-bond acceptors (Lipinski definition) is 4. The molecule has 2 aromatic rings. The zero-order valence-corrected chi connectivity index (χ0v) is 9.82. The maximum Gasteiger partial charge on any atom is 0.320 e. The number of carbonyl (C=O) groups excluding carboxylic acids is 1. The van der Waals surface area contributed by atoms with Gasteiger partial charge in [-0.1, -0.05) is 11.6 Å². The summed E-state index contributed by atoms with van der Waals surface area (Å²) in [6.45, 7) is 2.36. The number of amides is 2. The molecule has 0 aliphatic heterocycles. The summed E-state index contributed by atoms with van der Waals surface area (Å²) in [7, 11) is 0. The number of pyridine rings is 1. The van der Waals surface area contributed by atoms with Gasteiger partial charge in [0.2, 0.25) is 0 Å². The number of nitrogens with one attached hydrogen (secondary N) is 2. The molecule has 0 aliphatic carbocycles. The van der Waals surface area contributed by atoms with Crippen LogP contribution >= 0.6 is 11.6 Å². The van der Waals surface area contributed by atoms with Crippen LogP contribution in [-0.4, -0.2) is 27.5 Å². The van der Waals surface area contributed by atoms with Crippen molar-refractivity contribution in [2.45, 2.75) is 6.92 Å². The van der Waals surface area contributed by atoms with Crippen LogP contribution in [-0.2, 0) is 0 Å². The van der Waals surface area contributed by atoms with Crippen LogP contribution in [0.15, 0.2) is 18.3 Å². The highest BCUT2D eigenvalue weighted by atomic mass is 35.5. The second kappa shape index (κ2) is 4.92. The normalized spacial score (nSPS) is 10.2. The lowest BCUT2D eigenvalue weighted by Crippen LogP contribution is -2.28. The molecule has 0 aromatic carbocycles. The molecule has 6 nitrogen and oxygen atoms in total. The number of anilines is 1. The molecule has 0 saturated heterocycles. The fraction of sp³-hybridized carbons (Fsp3) is 0.200. The molecule has 0 saturated carbocycles. The largest absolute Gasteiger partial charge is 0.338 e. The second-order valence-corrected chi connectivity index (χ2v) is 3.60. The fourth-order valence-corrected chi connectivity index (χ4v) is 1.40. The third kappa shape index (κ3) is 2.79. The van der Waals surface area contributed by atoms with Gasteiger partial charge >= 0.3 is 6.03 Å². The molecule has 2 heterocycles. The fourth-order valence-electron chi connectivity index (χ4n) is 1.26. The van der Waals surface area contributed by atoms with Gasteiger partial charge in [-0.3, -0.25) is 5.32 Å². The van der Waals surface area contributed by atoms with Gasteiger partial charge in [0.15, 0.2) is 11.5 Å². The molecule has 0 aliphatic rings. The molecule has 2 amide bonds. The van der Waals surface area contributed by atoms with E-state index in [4.69, 9.17) is 11.6 Å². The van der Waals surface area contributed by atoms with Crippen molar-refractivity contribution in [2.24, 2.45) is 0 Å². The average molecular weight is 252 g/mol. The maximum absolute atomic E-state index is 11.3. The minimum atomic E-state index is -0.330. The number of aromatic nitrogens is 3. The van der Waals surface area contributed by atoms with E-state index in [9.17, 15) is 4.79 Å². The van der Waals surface area contributed by atoms with Crippen molar-refractivity contribution in [2.75, 3.05) is 11.9 Å². The quantitative estimate of drug-likeness (QED) is 0.798. The smallest absolute Gasteiger partial charge is 0.320 e. The molecular weight excluding hydrogens is 242 g/mol. The summed E-state index contributed by atoms with van der Waals surface area (Å²) in [6.07, 6.45) is 1.47. The van der Waals surface area contributed by atoms with Gasteiger partial charge in [0.25, 0.3) is 0 Å². The van der Waals surface area contributed by atoms with Gasteiger partial charge in [-0.15, -0.1) is 0 Å². The minimum Gasteiger partial charge on any atom is -0.338 e. The molecule has 0 spiro atoms. The van der Waals surface area contributed by atoms with E-state index in [2.05, 4.69) is 25.6 Å². The van der Waals surface area contributed by atoms with Crippen LogP contribution < -0.4 is 10.6 Å². The summed E-state index contributed by atoms with van der Waals surface area (Å²) in [5.74, 6) is 0.332. The molecule has 7 heteroatoms. The minimum absolute atomic E-state index is 0.330. The van der Waals surface area contributed by atoms with Gasteiger partial charge in [0.05, 0.1) is 6.20 Å². The number of fused-ring (bicyclic) bond motifs is 1. The van der Waals surface area contributed by atoms with Crippen LogP contribution in [0.2, 0.25) is 5.15 Å². The zero-order valence-electron chi connectivity index (χ0n) is 9.07. The Morgan fingerprint density at radius 3 is 3.00 bits per heavy atom. The molecule has 0 radical (unpaired) electrons. The highest BCUT2D eigenvalue weighted by Gasteiger charge is 2.04. The standard InChI is InChI=1S/C10H10ClN5O/c1-2-12-10(17)16-8-5-13-6-3-4-7(11)14-9(6)15-8/h3-5H,2H2,1H3,(H2,12,14,15,16,17). The Bertz CT molecular complexity index is 559. The number of rotatable bonds is 2. The van der Waals surface area contributed by atoms with Crippen molar-refractivity contribution in [3.8, 4) is 0 Å². The van der Waals surface area contributed by atoms with E-state index in [-0.39, 0.29) is 6.03 Å². The molecule has 17 heavy (non-hydrogen) atoms. The third-order valence-electron chi connectivity index (χ3n) is 1.95. The predicted octanol–water partition coefficient (Wildman–Crippen LogP) is 1.82. The molecule has 0 fully saturated rings. The molecule has 2 N–H and O–H groups in total. The lowest BCUT2D eigenvalue weighted by atomic mass is 10.4. The topological polar surface area (TPSA) is 79.8 Å². The summed E-state index contributed by atoms with van der Waals surface area (Å²) in [4.78, 5) is 23.5. The van der Waals surface area contributed by atoms with E-state index in [1.54, 1.807) is 12.1 Å². The van der Waals surface area contributed by atoms with Crippen LogP contribution in [0.25, 0.3) is 11.2 Å². The van der Waals surface area contributed by atoms with Gasteiger partial charge in [0.1, 0.15) is 10.7 Å². The number of hydrogen-bond donors (Lipinski definition) is 2. The first-order chi connectivity index (χ1) is 8.19. The molecule has 0 atom stereocenters. The predicted molar refractivity (Wildman–Crippen MR) is 65.0 cm³/mol. The highest BCUT2D eigenvalue weighted by molar-refractivity contribution is 6.29. The Hall–Kier alpha value is -1.95. The molecule has 2 aromatic heterocycles. The van der Waals surface area contributed by atoms with Crippen LogP contribution in [0.4, 0.5) is 10.6 Å². The third-order valence-corrected chi connectivity index (χ3v) is 2.16. The van der Waals surface area contributed by atoms with Crippen LogP contribution in [0.3, 0.4) is 0 Å². The van der Waals surface area contributed by atoms with E-state index >= 15 is 0 Å². The molecule has 0 bridgehead atoms. The summed E-state index contributed by atoms with van der Waals surface area (Å²) >= 11 is 5.75. The Morgan fingerprint density at radius 2 is 2.24 bits per heavy atom. The first-order valence-electron chi connectivity index (χ1n) is 5.03. The van der Waals surface area contributed by atoms with Crippen molar-refractivity contribution < 1.29 is 4.79 Å². The lowest BCUT2D eigenvalue weighted by molar-refractivity contribution is 0.252. The molecular formula is C10H10ClN5O. The summed E-state index contributed by atoms with van der Waals surface area (Å²) in [5.41, 5.74) is 1.02. The van der Waals surface area contributed by atoms with Crippen molar-refractivity contribution in [3.63, 3.8) is 0 Å². The van der Waals surface area contributed by atoms with Gasteiger partial charge in [0, 0.05) is 6.54 Å². The number of carbonyl (C=O) groups is 1. The van der Waals surface area contributed by atoms with Crippen LogP contribution in [0, 0.1) is 0 Å². The van der Waals surface area contributed by atoms with Crippen LogP contribution in [0.1, 0.15) is 6.92 Å². The maximum atomic E-state index is 11.3. The SMILES string of the molecule is CCNC(=O)Nc1cnc2ccc(Cl)nc2n1. The first-order valence-corrected chi connectivity index (χ1v) is 5.41. The Kier molecular flexibility index (Phi) is 3.34. The van der Waals surface area contributed by atoms with E-state index in [0.29, 0.717) is 28.7 Å². The summed E-state index contributed by atoms with van der Waals surface area (Å²) in [5, 5.41) is 5.47. The number of urea groups is 1. The van der Waals surface area contributed by atoms with E-state index in [0.717, 1.165) is 0 Å². The van der Waals surface area contributed by atoms with Crippen LogP contribution in [0.5, 0.6) is 0 Å². The molecule has 0 unspecified atom stereocenters. The number of halogens is 1. The second-order valence-electron chi connectivity index (χ2n) is 3.22.